The number of fused-ring (bicyclic) bond motifs is 1. The lowest BCUT2D eigenvalue weighted by Crippen LogP contribution is -2.62. The lowest BCUT2D eigenvalue weighted by atomic mass is 9.97. The summed E-state index contributed by atoms with van der Waals surface area (Å²) in [6.07, 6.45) is 34.8. The Kier molecular flexibility index (Phi) is 32.5. The topological polar surface area (TPSA) is 122 Å². The molecule has 0 radical (unpaired) electrons. The smallest absolute Gasteiger partial charge is 0.306 e. The molecule has 0 spiro atoms. The Hall–Kier alpha value is -2.07. The van der Waals surface area contributed by atoms with Crippen LogP contribution in [-0.2, 0) is 38.0 Å². The number of hydrogen-bond donors (Lipinski definition) is 2. The molecule has 1 aromatic carbocycles. The van der Waals surface area contributed by atoms with Crippen molar-refractivity contribution in [3.63, 3.8) is 0 Å². The SMILES string of the molecule is CCCCCCC#CCCCCCC[C@H]1OC(C)(C)O[C@H]1[C@H](CO[C@H]1O[C@@H]2COC(c3ccccc3)O[C@@H]2[C@H](O)[C@H]1O)OC(=O)CCCCCCCCCCCCCCCCCCCCCCCCC. The van der Waals surface area contributed by atoms with E-state index in [0.29, 0.717) is 6.42 Å². The highest BCUT2D eigenvalue weighted by molar-refractivity contribution is 5.69. The molecule has 0 saturated carbocycles. The highest BCUT2D eigenvalue weighted by atomic mass is 16.8. The molecule has 3 aliphatic heterocycles. The Labute approximate surface area is 427 Å². The zero-order chi connectivity index (χ0) is 49.9. The first-order chi connectivity index (χ1) is 34.2. The molecule has 10 nitrogen and oxygen atoms in total. The zero-order valence-electron chi connectivity index (χ0n) is 44.9. The van der Waals surface area contributed by atoms with Crippen LogP contribution in [0.5, 0.6) is 0 Å². The largest absolute Gasteiger partial charge is 0.457 e. The van der Waals surface area contributed by atoms with Gasteiger partial charge in [-0.15, -0.1) is 11.8 Å². The molecule has 402 valence electrons. The van der Waals surface area contributed by atoms with E-state index in [2.05, 4.69) is 25.7 Å². The molecule has 3 heterocycles. The quantitative estimate of drug-likeness (QED) is 0.0373. The van der Waals surface area contributed by atoms with Crippen LogP contribution in [0.25, 0.3) is 0 Å². The molecule has 3 aliphatic rings. The van der Waals surface area contributed by atoms with Gasteiger partial charge >= 0.3 is 5.97 Å². The molecule has 3 fully saturated rings. The van der Waals surface area contributed by atoms with Crippen molar-refractivity contribution in [1.29, 1.82) is 0 Å². The number of carbonyl (C=O) groups excluding carboxylic acids is 1. The Morgan fingerprint density at radius 1 is 0.629 bits per heavy atom. The molecule has 10 heteroatoms. The lowest BCUT2D eigenvalue weighted by molar-refractivity contribution is -0.363. The molecule has 9 atom stereocenters. The van der Waals surface area contributed by atoms with Crippen LogP contribution in [0.4, 0.5) is 0 Å². The standard InChI is InChI=1S/C60H102O10/c1-5-7-9-11-13-15-17-19-20-21-22-23-24-25-26-27-28-29-31-33-35-37-42-46-53(61)66-51(56-50(69-60(3,4)70-56)45-41-36-34-32-30-18-16-14-12-10-8-6-2)47-65-59-55(63)54(62)57-52(67-59)48-64-58(68-57)49-43-39-38-40-44-49/h38-40,43-44,50-52,54-59,62-63H,5-15,17,19-37,41-42,45-48H2,1-4H3/t50-,51+,52-,54-,55-,56-,57+,58?,59+/m1/s1. The summed E-state index contributed by atoms with van der Waals surface area (Å²) in [5, 5.41) is 22.5. The summed E-state index contributed by atoms with van der Waals surface area (Å²) in [7, 11) is 0. The Bertz CT molecular complexity index is 1490. The van der Waals surface area contributed by atoms with Crippen molar-refractivity contribution in [3.05, 3.63) is 35.9 Å². The average molecular weight is 983 g/mol. The maximum absolute atomic E-state index is 13.5. The molecule has 1 aromatic rings. The normalized spacial score (nSPS) is 24.5. The number of benzene rings is 1. The number of ether oxygens (including phenoxy) is 7. The van der Waals surface area contributed by atoms with Crippen molar-refractivity contribution >= 4 is 5.97 Å². The van der Waals surface area contributed by atoms with E-state index >= 15 is 0 Å². The van der Waals surface area contributed by atoms with Gasteiger partial charge in [0.25, 0.3) is 0 Å². The van der Waals surface area contributed by atoms with E-state index < -0.39 is 55.0 Å². The number of aliphatic hydroxyl groups excluding tert-OH is 2. The maximum atomic E-state index is 13.5. The monoisotopic (exact) mass is 983 g/mol. The fraction of sp³-hybridized carbons (Fsp3) is 0.850. The molecule has 0 amide bonds. The molecular weight excluding hydrogens is 881 g/mol. The van der Waals surface area contributed by atoms with Crippen molar-refractivity contribution < 1.29 is 48.2 Å². The summed E-state index contributed by atoms with van der Waals surface area (Å²) >= 11 is 0. The van der Waals surface area contributed by atoms with Gasteiger partial charge in [-0.1, -0.05) is 224 Å². The summed E-state index contributed by atoms with van der Waals surface area (Å²) in [6.45, 7) is 8.33. The van der Waals surface area contributed by atoms with E-state index in [0.717, 1.165) is 69.8 Å². The van der Waals surface area contributed by atoms with Gasteiger partial charge in [0.1, 0.15) is 30.5 Å². The van der Waals surface area contributed by atoms with Crippen LogP contribution in [-0.4, -0.2) is 84.2 Å². The van der Waals surface area contributed by atoms with Gasteiger partial charge in [0.05, 0.1) is 19.3 Å². The van der Waals surface area contributed by atoms with E-state index in [9.17, 15) is 15.0 Å². The van der Waals surface area contributed by atoms with Gasteiger partial charge in [0, 0.05) is 24.8 Å². The third-order valence-corrected chi connectivity index (χ3v) is 14.5. The molecule has 0 bridgehead atoms. The van der Waals surface area contributed by atoms with Gasteiger partial charge in [0.15, 0.2) is 24.5 Å². The highest BCUT2D eigenvalue weighted by Crippen LogP contribution is 2.37. The molecule has 0 aromatic heterocycles. The van der Waals surface area contributed by atoms with E-state index in [1.807, 2.05) is 44.2 Å². The maximum Gasteiger partial charge on any atom is 0.306 e. The van der Waals surface area contributed by atoms with Gasteiger partial charge in [-0.25, -0.2) is 0 Å². The first-order valence-electron chi connectivity index (χ1n) is 29.2. The minimum absolute atomic E-state index is 0.108. The van der Waals surface area contributed by atoms with Crippen LogP contribution in [0, 0.1) is 11.8 Å². The number of aliphatic hydroxyl groups is 2. The predicted octanol–water partition coefficient (Wildman–Crippen LogP) is 14.7. The van der Waals surface area contributed by atoms with E-state index in [1.165, 1.54) is 154 Å². The number of esters is 1. The van der Waals surface area contributed by atoms with Crippen molar-refractivity contribution in [2.24, 2.45) is 0 Å². The zero-order valence-corrected chi connectivity index (χ0v) is 44.9. The second-order valence-corrected chi connectivity index (χ2v) is 21.3. The first kappa shape index (κ1) is 60.5. The van der Waals surface area contributed by atoms with Crippen LogP contribution in [0.3, 0.4) is 0 Å². The van der Waals surface area contributed by atoms with Crippen molar-refractivity contribution in [3.8, 4) is 11.8 Å². The molecule has 4 rings (SSSR count). The van der Waals surface area contributed by atoms with Crippen LogP contribution in [0.2, 0.25) is 0 Å². The molecule has 2 N–H and O–H groups in total. The van der Waals surface area contributed by atoms with Crippen LogP contribution < -0.4 is 0 Å². The Balaban J connectivity index is 1.15. The molecule has 3 saturated heterocycles. The lowest BCUT2D eigenvalue weighted by Gasteiger charge is -2.46. The fourth-order valence-electron chi connectivity index (χ4n) is 10.3. The highest BCUT2D eigenvalue weighted by Gasteiger charge is 2.51. The van der Waals surface area contributed by atoms with E-state index in [1.54, 1.807) is 0 Å². The second kappa shape index (κ2) is 37.6. The minimum atomic E-state index is -1.40. The molecular formula is C60H102O10. The van der Waals surface area contributed by atoms with Crippen molar-refractivity contribution in [2.45, 2.75) is 314 Å². The van der Waals surface area contributed by atoms with Gasteiger partial charge in [0.2, 0.25) is 0 Å². The average Bonchev–Trinajstić information content (AvgIpc) is 3.68. The number of carbonyl (C=O) groups is 1. The Morgan fingerprint density at radius 3 is 1.66 bits per heavy atom. The molecule has 70 heavy (non-hydrogen) atoms. The van der Waals surface area contributed by atoms with Crippen molar-refractivity contribution in [1.82, 2.24) is 0 Å². The number of unbranched alkanes of at least 4 members (excludes halogenated alkanes) is 30. The fourth-order valence-corrected chi connectivity index (χ4v) is 10.3. The Morgan fingerprint density at radius 2 is 1.11 bits per heavy atom. The minimum Gasteiger partial charge on any atom is -0.457 e. The van der Waals surface area contributed by atoms with Crippen LogP contribution in [0.1, 0.15) is 264 Å². The van der Waals surface area contributed by atoms with Crippen molar-refractivity contribution in [2.75, 3.05) is 13.2 Å². The summed E-state index contributed by atoms with van der Waals surface area (Å²) in [6, 6.07) is 9.49. The van der Waals surface area contributed by atoms with Crippen LogP contribution >= 0.6 is 0 Å². The number of hydrogen-bond acceptors (Lipinski definition) is 10. The predicted molar refractivity (Wildman–Crippen MR) is 281 cm³/mol. The van der Waals surface area contributed by atoms with Gasteiger partial charge in [-0.05, 0) is 39.5 Å². The summed E-state index contributed by atoms with van der Waals surface area (Å²) in [5.74, 6) is 5.51. The van der Waals surface area contributed by atoms with E-state index in [-0.39, 0.29) is 25.3 Å². The summed E-state index contributed by atoms with van der Waals surface area (Å²) < 4.78 is 43.6. The summed E-state index contributed by atoms with van der Waals surface area (Å²) in [4.78, 5) is 13.5. The van der Waals surface area contributed by atoms with Gasteiger partial charge in [-0.3, -0.25) is 4.79 Å². The third kappa shape index (κ3) is 25.2. The van der Waals surface area contributed by atoms with Gasteiger partial charge in [-0.2, -0.15) is 0 Å². The molecule has 0 aliphatic carbocycles. The molecule has 1 unspecified atom stereocenters. The van der Waals surface area contributed by atoms with E-state index in [4.69, 9.17) is 33.2 Å². The first-order valence-corrected chi connectivity index (χ1v) is 29.2. The van der Waals surface area contributed by atoms with Gasteiger partial charge < -0.3 is 43.4 Å². The van der Waals surface area contributed by atoms with Crippen LogP contribution in [0.15, 0.2) is 30.3 Å². The summed E-state index contributed by atoms with van der Waals surface area (Å²) in [5.41, 5.74) is 0.815. The third-order valence-electron chi connectivity index (χ3n) is 14.5. The number of rotatable bonds is 40. The second-order valence-electron chi connectivity index (χ2n) is 21.3.